The van der Waals surface area contributed by atoms with Gasteiger partial charge >= 0.3 is 0 Å². The number of hydrogen-bond acceptors (Lipinski definition) is 3. The van der Waals surface area contributed by atoms with Gasteiger partial charge in [0.15, 0.2) is 5.82 Å². The van der Waals surface area contributed by atoms with E-state index in [0.29, 0.717) is 5.71 Å². The van der Waals surface area contributed by atoms with E-state index < -0.39 is 0 Å². The third kappa shape index (κ3) is 3.49. The lowest BCUT2D eigenvalue weighted by atomic mass is 9.95. The minimum Gasteiger partial charge on any atom is -0.436 e. The van der Waals surface area contributed by atoms with Gasteiger partial charge < -0.3 is 4.42 Å². The molecular weight excluding hydrogens is 587 g/mol. The molecule has 0 spiro atoms. The van der Waals surface area contributed by atoms with E-state index in [1.165, 1.54) is 43.1 Å². The summed E-state index contributed by atoms with van der Waals surface area (Å²) in [5.41, 5.74) is 6.08. The van der Waals surface area contributed by atoms with Crippen molar-refractivity contribution in [2.24, 2.45) is 0 Å². The van der Waals surface area contributed by atoms with E-state index >= 15 is 0 Å². The summed E-state index contributed by atoms with van der Waals surface area (Å²) in [6.45, 7) is 0. The molecule has 0 aliphatic heterocycles. The molecule has 0 aliphatic rings. The van der Waals surface area contributed by atoms with Crippen LogP contribution in [0.4, 0.5) is 0 Å². The van der Waals surface area contributed by atoms with Crippen molar-refractivity contribution in [1.29, 1.82) is 0 Å². The van der Waals surface area contributed by atoms with Crippen LogP contribution in [0.5, 0.6) is 0 Å². The molecule has 0 saturated heterocycles. The van der Waals surface area contributed by atoms with E-state index in [1.807, 2.05) is 18.2 Å². The summed E-state index contributed by atoms with van der Waals surface area (Å²) in [7, 11) is 0. The van der Waals surface area contributed by atoms with E-state index in [0.717, 1.165) is 55.4 Å². The van der Waals surface area contributed by atoms with Gasteiger partial charge in [0.05, 0.1) is 11.0 Å². The Hall–Kier alpha value is -6.52. The summed E-state index contributed by atoms with van der Waals surface area (Å²) in [5, 5.41) is 12.8. The molecule has 0 saturated carbocycles. The van der Waals surface area contributed by atoms with Crippen LogP contribution in [0.2, 0.25) is 0 Å². The standard InChI is InChI=1S/C44H25N3O/c1-2-13-28-25-38-36(23-27(28)12-1)40-31-16-6-3-11-26(31)21-22-37(40)47(38)43-41(45-42-34-19-9-10-20-39(34)48-44(42)46-43)35-24-29-14-4-5-15-30(29)32-17-7-8-18-33(32)35/h1-25H. The highest BCUT2D eigenvalue weighted by Crippen LogP contribution is 2.43. The predicted octanol–water partition coefficient (Wildman–Crippen LogP) is 11.8. The van der Waals surface area contributed by atoms with Crippen molar-refractivity contribution >= 4 is 87.1 Å². The quantitative estimate of drug-likeness (QED) is 0.183. The smallest absolute Gasteiger partial charge is 0.248 e. The van der Waals surface area contributed by atoms with Crippen LogP contribution < -0.4 is 0 Å². The monoisotopic (exact) mass is 611 g/mol. The number of aromatic nitrogens is 3. The molecule has 0 unspecified atom stereocenters. The molecule has 3 aromatic heterocycles. The maximum absolute atomic E-state index is 6.42. The first-order chi connectivity index (χ1) is 23.8. The second kappa shape index (κ2) is 9.50. The molecule has 4 nitrogen and oxygen atoms in total. The minimum atomic E-state index is 0.525. The molecule has 4 heteroatoms. The van der Waals surface area contributed by atoms with Crippen molar-refractivity contribution < 1.29 is 4.42 Å². The van der Waals surface area contributed by atoms with Crippen LogP contribution in [0.15, 0.2) is 156 Å². The van der Waals surface area contributed by atoms with Crippen molar-refractivity contribution in [2.45, 2.75) is 0 Å². The normalized spacial score (nSPS) is 12.2. The Bertz CT molecular complexity index is 3130. The molecule has 0 bridgehead atoms. The molecule has 0 aliphatic carbocycles. The lowest BCUT2D eigenvalue weighted by Crippen LogP contribution is -2.03. The maximum Gasteiger partial charge on any atom is 0.248 e. The van der Waals surface area contributed by atoms with Gasteiger partial charge in [-0.3, -0.25) is 4.57 Å². The topological polar surface area (TPSA) is 43.9 Å². The average molecular weight is 612 g/mol. The third-order valence-electron chi connectivity index (χ3n) is 9.95. The van der Waals surface area contributed by atoms with Crippen LogP contribution in [0.3, 0.4) is 0 Å². The molecule has 0 atom stereocenters. The second-order valence-electron chi connectivity index (χ2n) is 12.6. The fourth-order valence-corrected chi connectivity index (χ4v) is 7.80. The fourth-order valence-electron chi connectivity index (χ4n) is 7.80. The summed E-state index contributed by atoms with van der Waals surface area (Å²) >= 11 is 0. The number of hydrogen-bond donors (Lipinski definition) is 0. The summed E-state index contributed by atoms with van der Waals surface area (Å²) in [4.78, 5) is 10.9. The molecule has 222 valence electrons. The van der Waals surface area contributed by atoms with Crippen molar-refractivity contribution in [3.8, 4) is 17.1 Å². The van der Waals surface area contributed by atoms with Crippen LogP contribution in [0.1, 0.15) is 0 Å². The summed E-state index contributed by atoms with van der Waals surface area (Å²) in [6.07, 6.45) is 0. The highest BCUT2D eigenvalue weighted by atomic mass is 16.3. The van der Waals surface area contributed by atoms with Gasteiger partial charge in [-0.15, -0.1) is 0 Å². The maximum atomic E-state index is 6.42. The van der Waals surface area contributed by atoms with Gasteiger partial charge in [-0.05, 0) is 79.5 Å². The van der Waals surface area contributed by atoms with E-state index in [2.05, 4.69) is 138 Å². The Labute approximate surface area is 274 Å². The van der Waals surface area contributed by atoms with Gasteiger partial charge in [-0.1, -0.05) is 115 Å². The first-order valence-corrected chi connectivity index (χ1v) is 16.3. The van der Waals surface area contributed by atoms with Crippen molar-refractivity contribution in [1.82, 2.24) is 14.5 Å². The number of benzene rings is 8. The Balaban J connectivity index is 1.37. The first kappa shape index (κ1) is 25.6. The van der Waals surface area contributed by atoms with Gasteiger partial charge in [-0.2, -0.15) is 4.98 Å². The minimum absolute atomic E-state index is 0.525. The highest BCUT2D eigenvalue weighted by molar-refractivity contribution is 6.24. The molecule has 0 N–H and O–H groups in total. The largest absolute Gasteiger partial charge is 0.436 e. The number of fused-ring (bicyclic) bond motifs is 12. The fraction of sp³-hybridized carbons (Fsp3) is 0. The lowest BCUT2D eigenvalue weighted by molar-refractivity contribution is 0.652. The van der Waals surface area contributed by atoms with Crippen LogP contribution in [0, 0.1) is 0 Å². The Kier molecular flexibility index (Phi) is 5.08. The molecular formula is C44H25N3O. The van der Waals surface area contributed by atoms with Crippen LogP contribution in [0.25, 0.3) is 104 Å². The number of rotatable bonds is 2. The highest BCUT2D eigenvalue weighted by Gasteiger charge is 2.24. The molecule has 11 rings (SSSR count). The number of para-hydroxylation sites is 1. The molecule has 3 heterocycles. The summed E-state index contributed by atoms with van der Waals surface area (Å²) < 4.78 is 8.73. The third-order valence-corrected chi connectivity index (χ3v) is 9.95. The number of furan rings is 1. The van der Waals surface area contributed by atoms with Crippen molar-refractivity contribution in [3.63, 3.8) is 0 Å². The van der Waals surface area contributed by atoms with Crippen molar-refractivity contribution in [3.05, 3.63) is 152 Å². The summed E-state index contributed by atoms with van der Waals surface area (Å²) in [5.74, 6) is 0.743. The zero-order valence-corrected chi connectivity index (χ0v) is 25.7. The second-order valence-corrected chi connectivity index (χ2v) is 12.6. The lowest BCUT2D eigenvalue weighted by Gasteiger charge is -2.15. The van der Waals surface area contributed by atoms with Gasteiger partial charge in [0, 0.05) is 21.7 Å². The molecule has 0 radical (unpaired) electrons. The Morgan fingerprint density at radius 3 is 1.92 bits per heavy atom. The van der Waals surface area contributed by atoms with E-state index in [-0.39, 0.29) is 0 Å². The zero-order chi connectivity index (χ0) is 31.3. The van der Waals surface area contributed by atoms with Gasteiger partial charge in [0.1, 0.15) is 16.8 Å². The van der Waals surface area contributed by atoms with Crippen LogP contribution >= 0.6 is 0 Å². The van der Waals surface area contributed by atoms with E-state index in [4.69, 9.17) is 14.4 Å². The van der Waals surface area contributed by atoms with Gasteiger partial charge in [-0.25, -0.2) is 4.98 Å². The Morgan fingerprint density at radius 1 is 0.438 bits per heavy atom. The molecule has 0 amide bonds. The molecule has 48 heavy (non-hydrogen) atoms. The molecule has 0 fully saturated rings. The Morgan fingerprint density at radius 2 is 1.08 bits per heavy atom. The van der Waals surface area contributed by atoms with Crippen LogP contribution in [-0.4, -0.2) is 14.5 Å². The van der Waals surface area contributed by atoms with Gasteiger partial charge in [0.25, 0.3) is 0 Å². The van der Waals surface area contributed by atoms with Crippen LogP contribution in [-0.2, 0) is 0 Å². The van der Waals surface area contributed by atoms with E-state index in [1.54, 1.807) is 0 Å². The molecule has 11 aromatic rings. The predicted molar refractivity (Wildman–Crippen MR) is 199 cm³/mol. The summed E-state index contributed by atoms with van der Waals surface area (Å²) in [6, 6.07) is 53.9. The van der Waals surface area contributed by atoms with E-state index in [9.17, 15) is 0 Å². The van der Waals surface area contributed by atoms with Gasteiger partial charge in [0.2, 0.25) is 5.71 Å². The SMILES string of the molecule is c1ccc2cc3c(cc2c1)c1c2ccccc2ccc1n3-c1nc2oc3ccccc3c2nc1-c1cc2ccccc2c2ccccc12. The first-order valence-electron chi connectivity index (χ1n) is 16.3. The number of nitrogens with zero attached hydrogens (tertiary/aromatic N) is 3. The average Bonchev–Trinajstić information content (AvgIpc) is 3.67. The van der Waals surface area contributed by atoms with Crippen molar-refractivity contribution in [2.75, 3.05) is 0 Å². The zero-order valence-electron chi connectivity index (χ0n) is 25.7. The molecule has 8 aromatic carbocycles.